The molecule has 3 rings (SSSR count). The van der Waals surface area contributed by atoms with Crippen molar-refractivity contribution in [2.45, 2.75) is 19.5 Å². The first kappa shape index (κ1) is 15.9. The fourth-order valence-electron chi connectivity index (χ4n) is 2.41. The fraction of sp³-hybridized carbons (Fsp3) is 0.167. The number of nitrogens with zero attached hydrogens (tertiary/aromatic N) is 3. The third kappa shape index (κ3) is 3.65. The van der Waals surface area contributed by atoms with E-state index in [-0.39, 0.29) is 17.5 Å². The zero-order valence-corrected chi connectivity index (χ0v) is 13.2. The molecule has 0 aliphatic rings. The number of carbonyl (C=O) groups excluding carboxylic acids is 1. The number of aromatic nitrogens is 3. The molecule has 0 fully saturated rings. The molecule has 6 heteroatoms. The van der Waals surface area contributed by atoms with Crippen LogP contribution in [0.4, 0.5) is 4.39 Å². The molecule has 3 aromatic rings. The quantitative estimate of drug-likeness (QED) is 0.785. The van der Waals surface area contributed by atoms with Gasteiger partial charge in [-0.05, 0) is 30.2 Å². The van der Waals surface area contributed by atoms with E-state index in [1.807, 2.05) is 30.3 Å². The molecule has 0 radical (unpaired) electrons. The van der Waals surface area contributed by atoms with Gasteiger partial charge in [-0.2, -0.15) is 5.10 Å². The van der Waals surface area contributed by atoms with Gasteiger partial charge in [0.2, 0.25) is 0 Å². The molecule has 0 bridgehead atoms. The number of amides is 1. The number of benzene rings is 2. The van der Waals surface area contributed by atoms with Crippen LogP contribution in [-0.2, 0) is 6.54 Å². The van der Waals surface area contributed by atoms with Crippen LogP contribution in [-0.4, -0.2) is 20.7 Å². The Kier molecular flexibility index (Phi) is 4.65. The standard InChI is InChI=1S/C18H17FN4O/c1-13-7-8-15(9-16(13)19)18(24)22-17(10-23-12-20-11-21-23)14-5-3-2-4-6-14/h2-9,11-12,17H,10H2,1H3,(H,22,24)/t17-/m0/s1. The minimum Gasteiger partial charge on any atom is -0.343 e. The molecule has 1 heterocycles. The Bertz CT molecular complexity index is 818. The molecule has 0 saturated heterocycles. The van der Waals surface area contributed by atoms with Crippen molar-refractivity contribution in [3.63, 3.8) is 0 Å². The van der Waals surface area contributed by atoms with Crippen molar-refractivity contribution in [2.75, 3.05) is 0 Å². The van der Waals surface area contributed by atoms with E-state index in [0.717, 1.165) is 5.56 Å². The summed E-state index contributed by atoms with van der Waals surface area (Å²) >= 11 is 0. The number of halogens is 1. The van der Waals surface area contributed by atoms with Gasteiger partial charge in [0.15, 0.2) is 0 Å². The van der Waals surface area contributed by atoms with Crippen molar-refractivity contribution in [3.8, 4) is 0 Å². The first-order valence-corrected chi connectivity index (χ1v) is 7.58. The van der Waals surface area contributed by atoms with Gasteiger partial charge in [0.1, 0.15) is 18.5 Å². The van der Waals surface area contributed by atoms with Gasteiger partial charge in [-0.1, -0.05) is 36.4 Å². The molecule has 1 N–H and O–H groups in total. The monoisotopic (exact) mass is 324 g/mol. The second kappa shape index (κ2) is 7.04. The van der Waals surface area contributed by atoms with Gasteiger partial charge in [-0.15, -0.1) is 0 Å². The van der Waals surface area contributed by atoms with E-state index in [0.29, 0.717) is 12.1 Å². The van der Waals surface area contributed by atoms with Crippen LogP contribution in [0.25, 0.3) is 0 Å². The first-order chi connectivity index (χ1) is 11.6. The molecule has 0 saturated carbocycles. The van der Waals surface area contributed by atoms with Gasteiger partial charge < -0.3 is 5.32 Å². The molecule has 1 atom stereocenters. The lowest BCUT2D eigenvalue weighted by molar-refractivity contribution is 0.0931. The normalized spacial score (nSPS) is 11.9. The molecule has 0 unspecified atom stereocenters. The Morgan fingerprint density at radius 3 is 2.71 bits per heavy atom. The summed E-state index contributed by atoms with van der Waals surface area (Å²) in [5, 5.41) is 7.02. The van der Waals surface area contributed by atoms with Crippen LogP contribution < -0.4 is 5.32 Å². The van der Waals surface area contributed by atoms with Gasteiger partial charge in [0.05, 0.1) is 12.6 Å². The molecule has 2 aromatic carbocycles. The molecule has 122 valence electrons. The maximum Gasteiger partial charge on any atom is 0.251 e. The van der Waals surface area contributed by atoms with E-state index in [1.165, 1.54) is 12.4 Å². The SMILES string of the molecule is Cc1ccc(C(=O)N[C@@H](Cn2cncn2)c2ccccc2)cc1F. The minimum atomic E-state index is -0.393. The molecule has 0 spiro atoms. The van der Waals surface area contributed by atoms with Gasteiger partial charge in [0, 0.05) is 5.56 Å². The van der Waals surface area contributed by atoms with Crippen LogP contribution >= 0.6 is 0 Å². The van der Waals surface area contributed by atoms with Crippen LogP contribution in [0.1, 0.15) is 27.5 Å². The Labute approximate surface area is 139 Å². The second-order valence-electron chi connectivity index (χ2n) is 5.52. The zero-order chi connectivity index (χ0) is 16.9. The van der Waals surface area contributed by atoms with Crippen LogP contribution in [0.15, 0.2) is 61.2 Å². The summed E-state index contributed by atoms with van der Waals surface area (Å²) in [4.78, 5) is 16.4. The van der Waals surface area contributed by atoms with Crippen molar-refractivity contribution in [1.82, 2.24) is 20.1 Å². The summed E-state index contributed by atoms with van der Waals surface area (Å²) < 4.78 is 15.3. The molecular weight excluding hydrogens is 307 g/mol. The molecule has 1 amide bonds. The van der Waals surface area contributed by atoms with Gasteiger partial charge in [0.25, 0.3) is 5.91 Å². The Morgan fingerprint density at radius 1 is 1.25 bits per heavy atom. The van der Waals surface area contributed by atoms with Gasteiger partial charge >= 0.3 is 0 Å². The number of nitrogens with one attached hydrogen (secondary N) is 1. The third-order valence-electron chi connectivity index (χ3n) is 3.78. The summed E-state index contributed by atoms with van der Waals surface area (Å²) in [6.45, 7) is 2.10. The second-order valence-corrected chi connectivity index (χ2v) is 5.52. The highest BCUT2D eigenvalue weighted by molar-refractivity contribution is 5.94. The first-order valence-electron chi connectivity index (χ1n) is 7.58. The van der Waals surface area contributed by atoms with Crippen molar-refractivity contribution in [2.24, 2.45) is 0 Å². The molecule has 0 aliphatic heterocycles. The maximum absolute atomic E-state index is 13.7. The highest BCUT2D eigenvalue weighted by Gasteiger charge is 2.17. The van der Waals surface area contributed by atoms with E-state index in [9.17, 15) is 9.18 Å². The smallest absolute Gasteiger partial charge is 0.251 e. The number of hydrogen-bond donors (Lipinski definition) is 1. The lowest BCUT2D eigenvalue weighted by Gasteiger charge is -2.19. The Morgan fingerprint density at radius 2 is 2.04 bits per heavy atom. The van der Waals surface area contributed by atoms with Crippen molar-refractivity contribution in [3.05, 3.63) is 83.7 Å². The van der Waals surface area contributed by atoms with Crippen LogP contribution in [0, 0.1) is 12.7 Å². The van der Waals surface area contributed by atoms with Crippen LogP contribution in [0.5, 0.6) is 0 Å². The minimum absolute atomic E-state index is 0.289. The van der Waals surface area contributed by atoms with E-state index in [4.69, 9.17) is 0 Å². The number of rotatable bonds is 5. The highest BCUT2D eigenvalue weighted by atomic mass is 19.1. The fourth-order valence-corrected chi connectivity index (χ4v) is 2.41. The van der Waals surface area contributed by atoms with E-state index < -0.39 is 5.82 Å². The van der Waals surface area contributed by atoms with E-state index >= 15 is 0 Å². The molecule has 24 heavy (non-hydrogen) atoms. The van der Waals surface area contributed by atoms with Crippen LogP contribution in [0.2, 0.25) is 0 Å². The number of aryl methyl sites for hydroxylation is 1. The summed E-state index contributed by atoms with van der Waals surface area (Å²) in [5.74, 6) is -0.724. The maximum atomic E-state index is 13.7. The lowest BCUT2D eigenvalue weighted by Crippen LogP contribution is -2.31. The average Bonchev–Trinajstić information content (AvgIpc) is 3.10. The zero-order valence-electron chi connectivity index (χ0n) is 13.2. The molecule has 0 aliphatic carbocycles. The largest absolute Gasteiger partial charge is 0.343 e. The molecule has 1 aromatic heterocycles. The van der Waals surface area contributed by atoms with Gasteiger partial charge in [-0.3, -0.25) is 9.48 Å². The molecular formula is C18H17FN4O. The third-order valence-corrected chi connectivity index (χ3v) is 3.78. The van der Waals surface area contributed by atoms with Crippen molar-refractivity contribution in [1.29, 1.82) is 0 Å². The number of hydrogen-bond acceptors (Lipinski definition) is 3. The summed E-state index contributed by atoms with van der Waals surface area (Å²) in [5.41, 5.74) is 1.74. The summed E-state index contributed by atoms with van der Waals surface area (Å²) in [6.07, 6.45) is 3.03. The van der Waals surface area contributed by atoms with Crippen LogP contribution in [0.3, 0.4) is 0 Å². The highest BCUT2D eigenvalue weighted by Crippen LogP contribution is 2.16. The lowest BCUT2D eigenvalue weighted by atomic mass is 10.1. The number of carbonyl (C=O) groups is 1. The van der Waals surface area contributed by atoms with Crippen molar-refractivity contribution < 1.29 is 9.18 Å². The van der Waals surface area contributed by atoms with E-state index in [2.05, 4.69) is 15.4 Å². The Balaban J connectivity index is 1.83. The summed E-state index contributed by atoms with van der Waals surface area (Å²) in [7, 11) is 0. The summed E-state index contributed by atoms with van der Waals surface area (Å²) in [6, 6.07) is 13.7. The average molecular weight is 324 g/mol. The Hall–Kier alpha value is -3.02. The van der Waals surface area contributed by atoms with E-state index in [1.54, 1.807) is 30.1 Å². The van der Waals surface area contributed by atoms with Gasteiger partial charge in [-0.25, -0.2) is 9.37 Å². The topological polar surface area (TPSA) is 59.8 Å². The van der Waals surface area contributed by atoms with Crippen molar-refractivity contribution >= 4 is 5.91 Å². The predicted octanol–water partition coefficient (Wildman–Crippen LogP) is 2.90. The predicted molar refractivity (Wildman–Crippen MR) is 87.8 cm³/mol. The molecule has 5 nitrogen and oxygen atoms in total.